The minimum absolute atomic E-state index is 0.359. The van der Waals surface area contributed by atoms with Crippen molar-refractivity contribution in [3.8, 4) is 11.3 Å². The topological polar surface area (TPSA) is 12.9 Å². The monoisotopic (exact) mass is 255 g/mol. The lowest BCUT2D eigenvalue weighted by Crippen LogP contribution is -2.04. The molecule has 1 heterocycles. The molecule has 0 saturated carbocycles. The SMILES string of the molecule is FCc1cccnc1-c1ccc(C(F)(F)F)cc1. The van der Waals surface area contributed by atoms with Gasteiger partial charge in [-0.05, 0) is 18.2 Å². The van der Waals surface area contributed by atoms with Crippen LogP contribution in [0.4, 0.5) is 17.6 Å². The summed E-state index contributed by atoms with van der Waals surface area (Å²) in [6, 6.07) is 7.66. The molecule has 0 radical (unpaired) electrons. The van der Waals surface area contributed by atoms with Crippen molar-refractivity contribution in [2.45, 2.75) is 12.9 Å². The molecule has 1 nitrogen and oxygen atoms in total. The number of alkyl halides is 4. The van der Waals surface area contributed by atoms with E-state index in [0.717, 1.165) is 12.1 Å². The summed E-state index contributed by atoms with van der Waals surface area (Å²) in [5.74, 6) is 0. The molecule has 0 unspecified atom stereocenters. The van der Waals surface area contributed by atoms with Crippen molar-refractivity contribution < 1.29 is 17.6 Å². The maximum atomic E-state index is 12.7. The summed E-state index contributed by atoms with van der Waals surface area (Å²) < 4.78 is 49.9. The molecule has 18 heavy (non-hydrogen) atoms. The number of halogens is 4. The molecule has 2 aromatic rings. The summed E-state index contributed by atoms with van der Waals surface area (Å²) in [4.78, 5) is 3.99. The third-order valence-electron chi connectivity index (χ3n) is 2.52. The van der Waals surface area contributed by atoms with E-state index in [4.69, 9.17) is 0 Å². The number of pyridine rings is 1. The van der Waals surface area contributed by atoms with Gasteiger partial charge in [-0.2, -0.15) is 13.2 Å². The van der Waals surface area contributed by atoms with Crippen LogP contribution in [-0.2, 0) is 12.9 Å². The van der Waals surface area contributed by atoms with Crippen LogP contribution in [0.1, 0.15) is 11.1 Å². The summed E-state index contributed by atoms with van der Waals surface area (Å²) in [6.07, 6.45) is -2.89. The van der Waals surface area contributed by atoms with Crippen molar-refractivity contribution in [1.82, 2.24) is 4.98 Å². The third kappa shape index (κ3) is 2.50. The minimum Gasteiger partial charge on any atom is -0.256 e. The summed E-state index contributed by atoms with van der Waals surface area (Å²) in [6.45, 7) is -0.704. The van der Waals surface area contributed by atoms with E-state index < -0.39 is 18.4 Å². The zero-order chi connectivity index (χ0) is 13.2. The second-order valence-electron chi connectivity index (χ2n) is 3.72. The maximum absolute atomic E-state index is 12.7. The maximum Gasteiger partial charge on any atom is 0.416 e. The largest absolute Gasteiger partial charge is 0.416 e. The molecule has 0 atom stereocenters. The van der Waals surface area contributed by atoms with E-state index in [1.807, 2.05) is 0 Å². The number of hydrogen-bond acceptors (Lipinski definition) is 1. The van der Waals surface area contributed by atoms with Gasteiger partial charge in [0, 0.05) is 17.3 Å². The fourth-order valence-corrected chi connectivity index (χ4v) is 1.62. The highest BCUT2D eigenvalue weighted by atomic mass is 19.4. The fourth-order valence-electron chi connectivity index (χ4n) is 1.62. The zero-order valence-corrected chi connectivity index (χ0v) is 9.21. The van der Waals surface area contributed by atoms with Crippen LogP contribution >= 0.6 is 0 Å². The van der Waals surface area contributed by atoms with Gasteiger partial charge in [0.25, 0.3) is 0 Å². The first-order valence-corrected chi connectivity index (χ1v) is 5.20. The summed E-state index contributed by atoms with van der Waals surface area (Å²) in [5, 5.41) is 0. The number of hydrogen-bond donors (Lipinski definition) is 0. The molecule has 0 N–H and O–H groups in total. The van der Waals surface area contributed by atoms with Crippen LogP contribution in [0.15, 0.2) is 42.6 Å². The summed E-state index contributed by atoms with van der Waals surface area (Å²) in [7, 11) is 0. The van der Waals surface area contributed by atoms with Crippen LogP contribution in [0.3, 0.4) is 0 Å². The predicted molar refractivity (Wildman–Crippen MR) is 59.5 cm³/mol. The molecular formula is C13H9F4N. The summed E-state index contributed by atoms with van der Waals surface area (Å²) >= 11 is 0. The molecule has 1 aromatic heterocycles. The Hall–Kier alpha value is -1.91. The second-order valence-corrected chi connectivity index (χ2v) is 3.72. The first-order valence-electron chi connectivity index (χ1n) is 5.20. The van der Waals surface area contributed by atoms with Crippen LogP contribution in [0.5, 0.6) is 0 Å². The van der Waals surface area contributed by atoms with Gasteiger partial charge in [-0.25, -0.2) is 4.39 Å². The van der Waals surface area contributed by atoms with Crippen molar-refractivity contribution in [3.63, 3.8) is 0 Å². The van der Waals surface area contributed by atoms with Crippen LogP contribution in [0, 0.1) is 0 Å². The van der Waals surface area contributed by atoms with Crippen LogP contribution in [0.2, 0.25) is 0 Å². The number of rotatable bonds is 2. The van der Waals surface area contributed by atoms with Gasteiger partial charge in [0.1, 0.15) is 6.67 Å². The highest BCUT2D eigenvalue weighted by Gasteiger charge is 2.30. The van der Waals surface area contributed by atoms with Crippen molar-refractivity contribution in [2.24, 2.45) is 0 Å². The molecule has 94 valence electrons. The predicted octanol–water partition coefficient (Wildman–Crippen LogP) is 4.24. The van der Waals surface area contributed by atoms with Crippen molar-refractivity contribution in [1.29, 1.82) is 0 Å². The van der Waals surface area contributed by atoms with E-state index in [1.165, 1.54) is 18.3 Å². The van der Waals surface area contributed by atoms with Crippen LogP contribution < -0.4 is 0 Å². The second kappa shape index (κ2) is 4.76. The lowest BCUT2D eigenvalue weighted by atomic mass is 10.0. The number of benzene rings is 1. The Morgan fingerprint density at radius 3 is 2.22 bits per heavy atom. The molecule has 0 bridgehead atoms. The average Bonchev–Trinajstić information content (AvgIpc) is 2.38. The standard InChI is InChI=1S/C13H9F4N/c14-8-10-2-1-7-18-12(10)9-3-5-11(6-4-9)13(15,16)17/h1-7H,8H2. The molecule has 1 aromatic carbocycles. The van der Waals surface area contributed by atoms with E-state index in [9.17, 15) is 17.6 Å². The highest BCUT2D eigenvalue weighted by molar-refractivity contribution is 5.63. The van der Waals surface area contributed by atoms with Gasteiger partial charge < -0.3 is 0 Å². The van der Waals surface area contributed by atoms with Crippen molar-refractivity contribution >= 4 is 0 Å². The normalized spacial score (nSPS) is 11.6. The molecule has 0 amide bonds. The van der Waals surface area contributed by atoms with Gasteiger partial charge in [0.2, 0.25) is 0 Å². The quantitative estimate of drug-likeness (QED) is 0.731. The lowest BCUT2D eigenvalue weighted by molar-refractivity contribution is -0.137. The molecule has 0 fully saturated rings. The van der Waals surface area contributed by atoms with Gasteiger partial charge >= 0.3 is 6.18 Å². The zero-order valence-electron chi connectivity index (χ0n) is 9.21. The van der Waals surface area contributed by atoms with Gasteiger partial charge in [0.05, 0.1) is 11.3 Å². The molecule has 0 aliphatic rings. The van der Waals surface area contributed by atoms with E-state index in [0.29, 0.717) is 16.8 Å². The van der Waals surface area contributed by atoms with E-state index in [1.54, 1.807) is 12.1 Å². The Labute approximate surface area is 101 Å². The van der Waals surface area contributed by atoms with Gasteiger partial charge in [0.15, 0.2) is 0 Å². The van der Waals surface area contributed by atoms with E-state index >= 15 is 0 Å². The Morgan fingerprint density at radius 1 is 1.00 bits per heavy atom. The first kappa shape index (κ1) is 12.5. The molecule has 0 saturated heterocycles. The van der Waals surface area contributed by atoms with E-state index in [-0.39, 0.29) is 0 Å². The molecular weight excluding hydrogens is 246 g/mol. The third-order valence-corrected chi connectivity index (χ3v) is 2.52. The first-order chi connectivity index (χ1) is 8.52. The highest BCUT2D eigenvalue weighted by Crippen LogP contribution is 2.31. The van der Waals surface area contributed by atoms with Crippen LogP contribution in [0.25, 0.3) is 11.3 Å². The molecule has 0 aliphatic heterocycles. The average molecular weight is 255 g/mol. The molecule has 0 aliphatic carbocycles. The molecule has 0 spiro atoms. The van der Waals surface area contributed by atoms with Crippen molar-refractivity contribution in [2.75, 3.05) is 0 Å². The van der Waals surface area contributed by atoms with Crippen LogP contribution in [-0.4, -0.2) is 4.98 Å². The minimum atomic E-state index is -4.37. The number of nitrogens with zero attached hydrogens (tertiary/aromatic N) is 1. The van der Waals surface area contributed by atoms with E-state index in [2.05, 4.69) is 4.98 Å². The van der Waals surface area contributed by atoms with Gasteiger partial charge in [-0.3, -0.25) is 4.98 Å². The van der Waals surface area contributed by atoms with Gasteiger partial charge in [-0.15, -0.1) is 0 Å². The Bertz CT molecular complexity index is 531. The number of aromatic nitrogens is 1. The lowest BCUT2D eigenvalue weighted by Gasteiger charge is -2.09. The Balaban J connectivity index is 2.41. The smallest absolute Gasteiger partial charge is 0.256 e. The summed E-state index contributed by atoms with van der Waals surface area (Å²) in [5.41, 5.74) is 0.464. The fraction of sp³-hybridized carbons (Fsp3) is 0.154. The Morgan fingerprint density at radius 2 is 1.67 bits per heavy atom. The molecule has 5 heteroatoms. The Kier molecular flexibility index (Phi) is 3.32. The molecule has 2 rings (SSSR count). The van der Waals surface area contributed by atoms with Crippen molar-refractivity contribution in [3.05, 3.63) is 53.7 Å². The van der Waals surface area contributed by atoms with Gasteiger partial charge in [-0.1, -0.05) is 18.2 Å².